The smallest absolute Gasteiger partial charge is 0.309 e. The predicted octanol–water partition coefficient (Wildman–Crippen LogP) is 1.27. The van der Waals surface area contributed by atoms with Crippen molar-refractivity contribution < 1.29 is 19.4 Å². The molecule has 2 aliphatic rings. The third kappa shape index (κ3) is 2.23. The quantitative estimate of drug-likeness (QED) is 0.807. The Hall–Kier alpha value is -1.10. The fourth-order valence-corrected chi connectivity index (χ4v) is 2.70. The highest BCUT2D eigenvalue weighted by atomic mass is 16.5. The van der Waals surface area contributed by atoms with E-state index in [9.17, 15) is 9.59 Å². The Kier molecular flexibility index (Phi) is 3.36. The Morgan fingerprint density at radius 2 is 1.78 bits per heavy atom. The first-order chi connectivity index (χ1) is 8.37. The molecule has 2 aliphatic heterocycles. The van der Waals surface area contributed by atoms with Gasteiger partial charge in [0.2, 0.25) is 0 Å². The highest BCUT2D eigenvalue weighted by molar-refractivity contribution is 5.85. The number of nitrogens with zero attached hydrogens (tertiary/aromatic N) is 1. The molecule has 0 radical (unpaired) electrons. The molecule has 1 atom stereocenters. The third-order valence-corrected chi connectivity index (χ3v) is 4.34. The number of carbonyl (C=O) groups is 2. The van der Waals surface area contributed by atoms with Crippen molar-refractivity contribution in [1.82, 2.24) is 4.90 Å². The highest BCUT2D eigenvalue weighted by Gasteiger charge is 2.44. The van der Waals surface area contributed by atoms with Gasteiger partial charge in [-0.2, -0.15) is 0 Å². The minimum atomic E-state index is -0.766. The van der Waals surface area contributed by atoms with Crippen LogP contribution in [-0.2, 0) is 14.3 Å². The summed E-state index contributed by atoms with van der Waals surface area (Å²) in [6.45, 7) is 5.27. The molecule has 2 rings (SSSR count). The van der Waals surface area contributed by atoms with Crippen LogP contribution in [0.15, 0.2) is 0 Å². The lowest BCUT2D eigenvalue weighted by atomic mass is 9.80. The van der Waals surface area contributed by atoms with Gasteiger partial charge in [-0.3, -0.25) is 9.59 Å². The summed E-state index contributed by atoms with van der Waals surface area (Å²) in [7, 11) is 0. The number of carbonyl (C=O) groups excluding carboxylic acids is 1. The van der Waals surface area contributed by atoms with Crippen LogP contribution in [0.25, 0.3) is 0 Å². The van der Waals surface area contributed by atoms with Crippen molar-refractivity contribution in [2.45, 2.75) is 45.1 Å². The molecule has 0 aliphatic carbocycles. The maximum absolute atomic E-state index is 12.4. The third-order valence-electron chi connectivity index (χ3n) is 4.34. The number of hydrogen-bond acceptors (Lipinski definition) is 3. The van der Waals surface area contributed by atoms with E-state index < -0.39 is 17.0 Å². The molecule has 2 heterocycles. The van der Waals surface area contributed by atoms with Crippen LogP contribution in [0, 0.1) is 5.41 Å². The molecule has 0 aromatic rings. The molecule has 1 amide bonds. The standard InChI is InChI=1S/C13H21NO4/c1-12(11(16)17)5-7-14(8-6-12)10(15)13(2)4-3-9-18-13/h3-9H2,1-2H3,(H,16,17). The number of carboxylic acid groups (broad SMARTS) is 1. The number of aliphatic carboxylic acids is 1. The van der Waals surface area contributed by atoms with Crippen molar-refractivity contribution in [2.75, 3.05) is 19.7 Å². The van der Waals surface area contributed by atoms with E-state index in [1.807, 2.05) is 6.92 Å². The van der Waals surface area contributed by atoms with Crippen molar-refractivity contribution in [3.63, 3.8) is 0 Å². The topological polar surface area (TPSA) is 66.8 Å². The second-order valence-electron chi connectivity index (χ2n) is 5.84. The molecular formula is C13H21NO4. The minimum Gasteiger partial charge on any atom is -0.481 e. The first kappa shape index (κ1) is 13.3. The summed E-state index contributed by atoms with van der Waals surface area (Å²) in [6.07, 6.45) is 2.72. The largest absolute Gasteiger partial charge is 0.481 e. The SMILES string of the molecule is CC1(C(=O)O)CCN(C(=O)C2(C)CCCO2)CC1. The molecule has 18 heavy (non-hydrogen) atoms. The van der Waals surface area contributed by atoms with Crippen molar-refractivity contribution in [2.24, 2.45) is 5.41 Å². The lowest BCUT2D eigenvalue weighted by Gasteiger charge is -2.39. The van der Waals surface area contributed by atoms with Gasteiger partial charge in [-0.1, -0.05) is 0 Å². The maximum atomic E-state index is 12.4. The Morgan fingerprint density at radius 3 is 2.22 bits per heavy atom. The Balaban J connectivity index is 1.98. The molecular weight excluding hydrogens is 234 g/mol. The highest BCUT2D eigenvalue weighted by Crippen LogP contribution is 2.34. The van der Waals surface area contributed by atoms with E-state index in [0.29, 0.717) is 32.5 Å². The van der Waals surface area contributed by atoms with E-state index >= 15 is 0 Å². The lowest BCUT2D eigenvalue weighted by Crippen LogP contribution is -2.52. The van der Waals surface area contributed by atoms with Crippen LogP contribution in [0.3, 0.4) is 0 Å². The second-order valence-corrected chi connectivity index (χ2v) is 5.84. The van der Waals surface area contributed by atoms with Gasteiger partial charge in [-0.25, -0.2) is 0 Å². The fraction of sp³-hybridized carbons (Fsp3) is 0.846. The van der Waals surface area contributed by atoms with Crippen molar-refractivity contribution in [3.05, 3.63) is 0 Å². The summed E-state index contributed by atoms with van der Waals surface area (Å²) >= 11 is 0. The van der Waals surface area contributed by atoms with E-state index in [4.69, 9.17) is 9.84 Å². The zero-order valence-electron chi connectivity index (χ0n) is 11.1. The number of hydrogen-bond donors (Lipinski definition) is 1. The minimum absolute atomic E-state index is 0.0208. The van der Waals surface area contributed by atoms with Gasteiger partial charge in [0, 0.05) is 19.7 Å². The molecule has 5 nitrogen and oxygen atoms in total. The van der Waals surface area contributed by atoms with E-state index in [-0.39, 0.29) is 5.91 Å². The average molecular weight is 255 g/mol. The number of piperidine rings is 1. The molecule has 1 N–H and O–H groups in total. The molecule has 102 valence electrons. The Morgan fingerprint density at radius 1 is 1.17 bits per heavy atom. The monoisotopic (exact) mass is 255 g/mol. The molecule has 2 saturated heterocycles. The number of carboxylic acids is 1. The zero-order chi connectivity index (χ0) is 13.4. The molecule has 2 fully saturated rings. The Labute approximate surface area is 107 Å². The summed E-state index contributed by atoms with van der Waals surface area (Å²) in [4.78, 5) is 25.3. The van der Waals surface area contributed by atoms with Gasteiger partial charge < -0.3 is 14.7 Å². The van der Waals surface area contributed by atoms with E-state index in [2.05, 4.69) is 0 Å². The summed E-state index contributed by atoms with van der Waals surface area (Å²) in [5.74, 6) is -0.745. The van der Waals surface area contributed by atoms with Crippen molar-refractivity contribution in [3.8, 4) is 0 Å². The van der Waals surface area contributed by atoms with Gasteiger partial charge in [0.05, 0.1) is 5.41 Å². The van der Waals surface area contributed by atoms with Crippen LogP contribution in [0.5, 0.6) is 0 Å². The molecule has 0 saturated carbocycles. The van der Waals surface area contributed by atoms with Crippen LogP contribution in [0.1, 0.15) is 39.5 Å². The summed E-state index contributed by atoms with van der Waals surface area (Å²) in [5, 5.41) is 9.16. The zero-order valence-corrected chi connectivity index (χ0v) is 11.1. The van der Waals surface area contributed by atoms with Crippen molar-refractivity contribution >= 4 is 11.9 Å². The number of ether oxygens (including phenoxy) is 1. The molecule has 1 unspecified atom stereocenters. The maximum Gasteiger partial charge on any atom is 0.309 e. The summed E-state index contributed by atoms with van der Waals surface area (Å²) in [5.41, 5.74) is -1.37. The van der Waals surface area contributed by atoms with Gasteiger partial charge in [0.25, 0.3) is 5.91 Å². The van der Waals surface area contributed by atoms with Gasteiger partial charge in [-0.05, 0) is 39.5 Å². The van der Waals surface area contributed by atoms with E-state index in [0.717, 1.165) is 12.8 Å². The van der Waals surface area contributed by atoms with Gasteiger partial charge in [0.1, 0.15) is 5.60 Å². The molecule has 0 spiro atoms. The van der Waals surface area contributed by atoms with Gasteiger partial charge in [0.15, 0.2) is 0 Å². The predicted molar refractivity (Wildman–Crippen MR) is 65.1 cm³/mol. The first-order valence-electron chi connectivity index (χ1n) is 6.54. The van der Waals surface area contributed by atoms with Crippen molar-refractivity contribution in [1.29, 1.82) is 0 Å². The molecule has 0 aromatic heterocycles. The van der Waals surface area contributed by atoms with E-state index in [1.54, 1.807) is 11.8 Å². The Bertz CT molecular complexity index is 352. The van der Waals surface area contributed by atoms with Crippen LogP contribution in [0.2, 0.25) is 0 Å². The number of rotatable bonds is 2. The van der Waals surface area contributed by atoms with Crippen LogP contribution in [-0.4, -0.2) is 47.2 Å². The number of likely N-dealkylation sites (tertiary alicyclic amines) is 1. The fourth-order valence-electron chi connectivity index (χ4n) is 2.70. The first-order valence-corrected chi connectivity index (χ1v) is 6.54. The van der Waals surface area contributed by atoms with Gasteiger partial charge >= 0.3 is 5.97 Å². The lowest BCUT2D eigenvalue weighted by molar-refractivity contribution is -0.159. The summed E-state index contributed by atoms with van der Waals surface area (Å²) < 4.78 is 5.55. The molecule has 0 aromatic carbocycles. The molecule has 0 bridgehead atoms. The molecule has 5 heteroatoms. The second kappa shape index (κ2) is 4.53. The van der Waals surface area contributed by atoms with E-state index in [1.165, 1.54) is 0 Å². The number of amides is 1. The average Bonchev–Trinajstić information content (AvgIpc) is 2.77. The normalized spacial score (nSPS) is 31.3. The van der Waals surface area contributed by atoms with Crippen LogP contribution >= 0.6 is 0 Å². The van der Waals surface area contributed by atoms with Crippen LogP contribution < -0.4 is 0 Å². The van der Waals surface area contributed by atoms with Crippen LogP contribution in [0.4, 0.5) is 0 Å². The summed E-state index contributed by atoms with van der Waals surface area (Å²) in [6, 6.07) is 0. The van der Waals surface area contributed by atoms with Gasteiger partial charge in [-0.15, -0.1) is 0 Å².